The number of anilines is 1. The van der Waals surface area contributed by atoms with Gasteiger partial charge in [-0.05, 0) is 30.3 Å². The number of imidazole rings is 1. The molecule has 0 aliphatic carbocycles. The second-order valence-electron chi connectivity index (χ2n) is 4.28. The molecule has 8 heteroatoms. The average Bonchev–Trinajstić information content (AvgIpc) is 2.87. The molecule has 0 unspecified atom stereocenters. The molecule has 0 amide bonds. The zero-order valence-electron chi connectivity index (χ0n) is 10.5. The van der Waals surface area contributed by atoms with Gasteiger partial charge in [0, 0.05) is 4.47 Å². The van der Waals surface area contributed by atoms with Gasteiger partial charge in [0.25, 0.3) is 10.0 Å². The highest BCUT2D eigenvalue weighted by atomic mass is 79.9. The van der Waals surface area contributed by atoms with Crippen molar-refractivity contribution in [3.8, 4) is 0 Å². The average molecular weight is 370 g/mol. The van der Waals surface area contributed by atoms with E-state index in [2.05, 4.69) is 30.6 Å². The van der Waals surface area contributed by atoms with E-state index in [4.69, 9.17) is 0 Å². The fourth-order valence-electron chi connectivity index (χ4n) is 1.94. The summed E-state index contributed by atoms with van der Waals surface area (Å²) in [5.74, 6) is -0.828. The van der Waals surface area contributed by atoms with E-state index < -0.39 is 20.7 Å². The number of hydrogen-bond acceptors (Lipinski definition) is 3. The summed E-state index contributed by atoms with van der Waals surface area (Å²) in [6.45, 7) is 0. The van der Waals surface area contributed by atoms with E-state index in [9.17, 15) is 12.8 Å². The zero-order chi connectivity index (χ0) is 15.0. The third-order valence-corrected chi connectivity index (χ3v) is 4.77. The van der Waals surface area contributed by atoms with E-state index >= 15 is 0 Å². The van der Waals surface area contributed by atoms with E-state index in [0.717, 1.165) is 6.07 Å². The summed E-state index contributed by atoms with van der Waals surface area (Å²) < 4.78 is 41.2. The molecule has 0 aliphatic heterocycles. The quantitative estimate of drug-likeness (QED) is 0.743. The molecule has 0 bridgehead atoms. The van der Waals surface area contributed by atoms with Crippen LogP contribution in [0.2, 0.25) is 0 Å². The van der Waals surface area contributed by atoms with Gasteiger partial charge in [-0.15, -0.1) is 0 Å². The second-order valence-corrected chi connectivity index (χ2v) is 6.85. The van der Waals surface area contributed by atoms with Crippen LogP contribution < -0.4 is 4.72 Å². The Morgan fingerprint density at radius 2 is 2.05 bits per heavy atom. The highest BCUT2D eigenvalue weighted by Crippen LogP contribution is 2.25. The number of halogens is 2. The number of sulfonamides is 1. The van der Waals surface area contributed by atoms with Crippen LogP contribution in [0.15, 0.2) is 52.1 Å². The molecular weight excluding hydrogens is 361 g/mol. The Balaban J connectivity index is 2.05. The largest absolute Gasteiger partial charge is 0.345 e. The van der Waals surface area contributed by atoms with E-state index in [-0.39, 0.29) is 5.69 Å². The third-order valence-electron chi connectivity index (χ3n) is 2.88. The number of nitrogens with one attached hydrogen (secondary N) is 2. The van der Waals surface area contributed by atoms with Crippen LogP contribution >= 0.6 is 15.9 Å². The van der Waals surface area contributed by atoms with Gasteiger partial charge < -0.3 is 4.98 Å². The highest BCUT2D eigenvalue weighted by molar-refractivity contribution is 9.10. The van der Waals surface area contributed by atoms with Crippen molar-refractivity contribution in [3.05, 3.63) is 53.0 Å². The van der Waals surface area contributed by atoms with Gasteiger partial charge >= 0.3 is 0 Å². The molecule has 1 aromatic heterocycles. The molecule has 0 saturated carbocycles. The first-order valence-corrected chi connectivity index (χ1v) is 8.15. The molecule has 0 radical (unpaired) electrons. The molecule has 108 valence electrons. The van der Waals surface area contributed by atoms with Crippen molar-refractivity contribution in [3.63, 3.8) is 0 Å². The van der Waals surface area contributed by atoms with E-state index in [0.29, 0.717) is 15.5 Å². The van der Waals surface area contributed by atoms with Crippen molar-refractivity contribution in [1.82, 2.24) is 9.97 Å². The Hall–Kier alpha value is -1.93. The number of benzene rings is 2. The standard InChI is InChI=1S/C13H9BrFN3O2S/c14-8-4-5-12(9(15)6-8)21(19,20)18-11-3-1-2-10-13(11)17-7-16-10/h1-7,18H,(H,16,17). The first-order valence-electron chi connectivity index (χ1n) is 5.87. The summed E-state index contributed by atoms with van der Waals surface area (Å²) >= 11 is 3.09. The maximum absolute atomic E-state index is 13.8. The molecule has 1 heterocycles. The molecule has 0 atom stereocenters. The summed E-state index contributed by atoms with van der Waals surface area (Å²) in [7, 11) is -4.03. The molecule has 0 fully saturated rings. The minimum atomic E-state index is -4.03. The number of nitrogens with zero attached hydrogens (tertiary/aromatic N) is 1. The lowest BCUT2D eigenvalue weighted by Gasteiger charge is -2.09. The van der Waals surface area contributed by atoms with Crippen molar-refractivity contribution >= 4 is 42.7 Å². The monoisotopic (exact) mass is 369 g/mol. The molecule has 2 aromatic carbocycles. The molecule has 5 nitrogen and oxygen atoms in total. The number of aromatic amines is 1. The van der Waals surface area contributed by atoms with Gasteiger partial charge in [-0.2, -0.15) is 0 Å². The molecule has 2 N–H and O–H groups in total. The SMILES string of the molecule is O=S(=O)(Nc1cccc2[nH]cnc12)c1ccc(Br)cc1F. The van der Waals surface area contributed by atoms with Crippen LogP contribution in [0.25, 0.3) is 11.0 Å². The molecule has 0 spiro atoms. The summed E-state index contributed by atoms with van der Waals surface area (Å²) in [5.41, 5.74) is 1.45. The second kappa shape index (κ2) is 5.12. The molecule has 0 aliphatic rings. The Kier molecular flexibility index (Phi) is 3.42. The summed E-state index contributed by atoms with van der Waals surface area (Å²) in [6.07, 6.45) is 1.46. The van der Waals surface area contributed by atoms with Gasteiger partial charge in [0.15, 0.2) is 0 Å². The minimum Gasteiger partial charge on any atom is -0.345 e. The normalized spacial score (nSPS) is 11.7. The van der Waals surface area contributed by atoms with Gasteiger partial charge in [0.2, 0.25) is 0 Å². The van der Waals surface area contributed by atoms with E-state index in [1.165, 1.54) is 18.5 Å². The Labute approximate surface area is 128 Å². The Bertz CT molecular complexity index is 924. The highest BCUT2D eigenvalue weighted by Gasteiger charge is 2.20. The Morgan fingerprint density at radius 1 is 1.24 bits per heavy atom. The molecular formula is C13H9BrFN3O2S. The first-order chi connectivity index (χ1) is 9.97. The Morgan fingerprint density at radius 3 is 2.81 bits per heavy atom. The predicted molar refractivity (Wildman–Crippen MR) is 81.0 cm³/mol. The van der Waals surface area contributed by atoms with E-state index in [1.54, 1.807) is 18.2 Å². The maximum Gasteiger partial charge on any atom is 0.264 e. The van der Waals surface area contributed by atoms with Gasteiger partial charge in [-0.3, -0.25) is 4.72 Å². The van der Waals surface area contributed by atoms with Crippen LogP contribution in [-0.2, 0) is 10.0 Å². The molecule has 3 rings (SSSR count). The van der Waals surface area contributed by atoms with E-state index in [1.807, 2.05) is 0 Å². The lowest BCUT2D eigenvalue weighted by Crippen LogP contribution is -2.14. The molecule has 3 aromatic rings. The van der Waals surface area contributed by atoms with Gasteiger partial charge in [-0.1, -0.05) is 22.0 Å². The maximum atomic E-state index is 13.8. The zero-order valence-corrected chi connectivity index (χ0v) is 12.9. The predicted octanol–water partition coefficient (Wildman–Crippen LogP) is 3.27. The van der Waals surface area contributed by atoms with Crippen molar-refractivity contribution in [2.45, 2.75) is 4.90 Å². The fraction of sp³-hybridized carbons (Fsp3) is 0. The minimum absolute atomic E-state index is 0.288. The van der Waals surface area contributed by atoms with Gasteiger partial charge in [0.1, 0.15) is 16.2 Å². The number of para-hydroxylation sites is 1. The topological polar surface area (TPSA) is 74.8 Å². The fourth-order valence-corrected chi connectivity index (χ4v) is 3.40. The summed E-state index contributed by atoms with van der Waals surface area (Å²) in [4.78, 5) is 6.51. The van der Waals surface area contributed by atoms with Crippen molar-refractivity contribution < 1.29 is 12.8 Å². The van der Waals surface area contributed by atoms with Crippen LogP contribution in [0, 0.1) is 5.82 Å². The first kappa shape index (κ1) is 14.0. The summed E-state index contributed by atoms with van der Waals surface area (Å²) in [5, 5.41) is 0. The molecule has 0 saturated heterocycles. The number of hydrogen-bond donors (Lipinski definition) is 2. The number of rotatable bonds is 3. The van der Waals surface area contributed by atoms with Crippen LogP contribution in [-0.4, -0.2) is 18.4 Å². The lowest BCUT2D eigenvalue weighted by atomic mass is 10.3. The smallest absolute Gasteiger partial charge is 0.264 e. The lowest BCUT2D eigenvalue weighted by molar-refractivity contribution is 0.570. The van der Waals surface area contributed by atoms with Gasteiger partial charge in [0.05, 0.1) is 17.5 Å². The third kappa shape index (κ3) is 2.64. The van der Waals surface area contributed by atoms with Crippen LogP contribution in [0.3, 0.4) is 0 Å². The number of H-pyrrole nitrogens is 1. The molecule has 21 heavy (non-hydrogen) atoms. The summed E-state index contributed by atoms with van der Waals surface area (Å²) in [6, 6.07) is 8.77. The number of fused-ring (bicyclic) bond motifs is 1. The van der Waals surface area contributed by atoms with Crippen LogP contribution in [0.4, 0.5) is 10.1 Å². The number of aromatic nitrogens is 2. The van der Waals surface area contributed by atoms with Crippen LogP contribution in [0.1, 0.15) is 0 Å². The van der Waals surface area contributed by atoms with Crippen molar-refractivity contribution in [1.29, 1.82) is 0 Å². The van der Waals surface area contributed by atoms with Crippen LogP contribution in [0.5, 0.6) is 0 Å². The van der Waals surface area contributed by atoms with Gasteiger partial charge in [-0.25, -0.2) is 17.8 Å². The van der Waals surface area contributed by atoms with Crippen molar-refractivity contribution in [2.75, 3.05) is 4.72 Å². The van der Waals surface area contributed by atoms with Crippen molar-refractivity contribution in [2.24, 2.45) is 0 Å².